The second-order valence-corrected chi connectivity index (χ2v) is 5.54. The van der Waals surface area contributed by atoms with Crippen molar-refractivity contribution in [3.63, 3.8) is 0 Å². The molecule has 2 aromatic rings. The van der Waals surface area contributed by atoms with Crippen LogP contribution in [0.4, 0.5) is 10.5 Å². The lowest BCUT2D eigenvalue weighted by atomic mass is 10.0. The lowest BCUT2D eigenvalue weighted by Crippen LogP contribution is -2.35. The van der Waals surface area contributed by atoms with E-state index in [1.54, 1.807) is 24.5 Å². The normalized spacial score (nSPS) is 15.9. The van der Waals surface area contributed by atoms with Gasteiger partial charge in [0.05, 0.1) is 17.4 Å². The summed E-state index contributed by atoms with van der Waals surface area (Å²) < 4.78 is 5.11. The van der Waals surface area contributed by atoms with Crippen LogP contribution in [-0.4, -0.2) is 18.0 Å². The van der Waals surface area contributed by atoms with Crippen molar-refractivity contribution in [1.82, 2.24) is 4.90 Å². The van der Waals surface area contributed by atoms with Crippen molar-refractivity contribution in [1.29, 1.82) is 0 Å². The van der Waals surface area contributed by atoms with Gasteiger partial charge in [-0.2, -0.15) is 0 Å². The van der Waals surface area contributed by atoms with Gasteiger partial charge in [0.15, 0.2) is 0 Å². The largest absolute Gasteiger partial charge is 0.472 e. The van der Waals surface area contributed by atoms with Crippen LogP contribution < -0.4 is 5.32 Å². The lowest BCUT2D eigenvalue weighted by molar-refractivity contribution is 0.218. The van der Waals surface area contributed by atoms with Gasteiger partial charge in [0.1, 0.15) is 0 Å². The molecule has 2 amide bonds. The SMILES string of the molecule is CN1Cc2cc(C(Br)c3ccoc3)ccc2NC1=O. The molecule has 0 bridgehead atoms. The summed E-state index contributed by atoms with van der Waals surface area (Å²) in [5.74, 6) is 0. The highest BCUT2D eigenvalue weighted by Gasteiger charge is 2.21. The van der Waals surface area contributed by atoms with Gasteiger partial charge in [-0.05, 0) is 23.3 Å². The number of hydrogen-bond donors (Lipinski definition) is 1. The molecular weight excluding hydrogens is 308 g/mol. The quantitative estimate of drug-likeness (QED) is 0.857. The number of hydrogen-bond acceptors (Lipinski definition) is 2. The molecule has 0 spiro atoms. The van der Waals surface area contributed by atoms with Gasteiger partial charge < -0.3 is 14.6 Å². The minimum atomic E-state index is -0.0644. The van der Waals surface area contributed by atoms with Crippen LogP contribution in [0.15, 0.2) is 41.2 Å². The van der Waals surface area contributed by atoms with Gasteiger partial charge in [-0.3, -0.25) is 0 Å². The fourth-order valence-electron chi connectivity index (χ4n) is 2.17. The summed E-state index contributed by atoms with van der Waals surface area (Å²) in [6.07, 6.45) is 3.39. The van der Waals surface area contributed by atoms with Gasteiger partial charge in [-0.15, -0.1) is 0 Å². The molecule has 1 atom stereocenters. The van der Waals surface area contributed by atoms with E-state index in [-0.39, 0.29) is 10.9 Å². The zero-order valence-corrected chi connectivity index (χ0v) is 12.0. The number of halogens is 1. The molecule has 3 rings (SSSR count). The Morgan fingerprint density at radius 1 is 1.37 bits per heavy atom. The van der Waals surface area contributed by atoms with Crippen LogP contribution in [0.25, 0.3) is 0 Å². The Bertz CT molecular complexity index is 610. The van der Waals surface area contributed by atoms with Gasteiger partial charge in [-0.1, -0.05) is 28.1 Å². The van der Waals surface area contributed by atoms with Crippen LogP contribution in [0.3, 0.4) is 0 Å². The number of urea groups is 1. The summed E-state index contributed by atoms with van der Waals surface area (Å²) in [6.45, 7) is 0.625. The predicted octanol–water partition coefficient (Wildman–Crippen LogP) is 3.74. The maximum Gasteiger partial charge on any atom is 0.321 e. The van der Waals surface area contributed by atoms with E-state index in [1.165, 1.54) is 0 Å². The van der Waals surface area contributed by atoms with Gasteiger partial charge in [0, 0.05) is 24.8 Å². The fraction of sp³-hybridized carbons (Fsp3) is 0.214. The third-order valence-corrected chi connectivity index (χ3v) is 4.31. The standard InChI is InChI=1S/C14H13BrN2O2/c1-17-7-11-6-9(2-3-12(11)16-14(17)18)13(15)10-4-5-19-8-10/h2-6,8,13H,7H2,1H3,(H,16,18). The van der Waals surface area contributed by atoms with Gasteiger partial charge in [0.2, 0.25) is 0 Å². The molecule has 1 aliphatic heterocycles. The highest BCUT2D eigenvalue weighted by atomic mass is 79.9. The van der Waals surface area contributed by atoms with E-state index in [0.29, 0.717) is 6.54 Å². The second kappa shape index (κ2) is 4.74. The van der Waals surface area contributed by atoms with Crippen molar-refractivity contribution in [3.05, 3.63) is 53.5 Å². The predicted molar refractivity (Wildman–Crippen MR) is 76.4 cm³/mol. The number of fused-ring (bicyclic) bond motifs is 1. The second-order valence-electron chi connectivity index (χ2n) is 4.62. The fourth-order valence-corrected chi connectivity index (χ4v) is 2.72. The minimum Gasteiger partial charge on any atom is -0.472 e. The van der Waals surface area contributed by atoms with E-state index in [9.17, 15) is 4.79 Å². The highest BCUT2D eigenvalue weighted by molar-refractivity contribution is 9.09. The van der Waals surface area contributed by atoms with Crippen molar-refractivity contribution in [2.45, 2.75) is 11.4 Å². The summed E-state index contributed by atoms with van der Waals surface area (Å²) in [7, 11) is 1.78. The maximum atomic E-state index is 11.6. The number of carbonyl (C=O) groups is 1. The zero-order chi connectivity index (χ0) is 13.4. The van der Waals surface area contributed by atoms with Gasteiger partial charge >= 0.3 is 6.03 Å². The molecule has 1 aromatic carbocycles. The first-order valence-corrected chi connectivity index (χ1v) is 6.88. The Morgan fingerprint density at radius 2 is 2.21 bits per heavy atom. The van der Waals surface area contributed by atoms with Gasteiger partial charge in [0.25, 0.3) is 0 Å². The Hall–Kier alpha value is -1.75. The van der Waals surface area contributed by atoms with Crippen molar-refractivity contribution >= 4 is 27.6 Å². The number of nitrogens with one attached hydrogen (secondary N) is 1. The summed E-state index contributed by atoms with van der Waals surface area (Å²) in [6, 6.07) is 7.94. The number of nitrogens with zero attached hydrogens (tertiary/aromatic N) is 1. The molecule has 1 aromatic heterocycles. The first-order valence-electron chi connectivity index (χ1n) is 5.96. The summed E-state index contributed by atoms with van der Waals surface area (Å²) in [5.41, 5.74) is 4.23. The number of alkyl halides is 1. The maximum absolute atomic E-state index is 11.6. The average Bonchev–Trinajstić information content (AvgIpc) is 2.93. The third kappa shape index (κ3) is 2.26. The van der Waals surface area contributed by atoms with E-state index in [0.717, 1.165) is 22.4 Å². The Kier molecular flexibility index (Phi) is 3.06. The van der Waals surface area contributed by atoms with Crippen molar-refractivity contribution in [2.75, 3.05) is 12.4 Å². The summed E-state index contributed by atoms with van der Waals surface area (Å²) in [4.78, 5) is 13.3. The molecule has 5 heteroatoms. The van der Waals surface area contributed by atoms with Crippen LogP contribution in [0.1, 0.15) is 21.5 Å². The van der Waals surface area contributed by atoms with Crippen LogP contribution in [0.5, 0.6) is 0 Å². The van der Waals surface area contributed by atoms with Crippen LogP contribution in [-0.2, 0) is 6.54 Å². The van der Waals surface area contributed by atoms with E-state index in [2.05, 4.69) is 27.3 Å². The number of amides is 2. The highest BCUT2D eigenvalue weighted by Crippen LogP contribution is 2.34. The Morgan fingerprint density at radius 3 is 2.95 bits per heavy atom. The molecule has 19 heavy (non-hydrogen) atoms. The van der Waals surface area contributed by atoms with Crippen LogP contribution in [0.2, 0.25) is 0 Å². The number of carbonyl (C=O) groups excluding carboxylic acids is 1. The number of furan rings is 1. The molecule has 2 heterocycles. The summed E-state index contributed by atoms with van der Waals surface area (Å²) >= 11 is 3.67. The molecule has 1 N–H and O–H groups in total. The van der Waals surface area contributed by atoms with E-state index in [4.69, 9.17) is 4.42 Å². The Balaban J connectivity index is 1.93. The number of anilines is 1. The molecule has 4 nitrogen and oxygen atoms in total. The van der Waals surface area contributed by atoms with Crippen LogP contribution >= 0.6 is 15.9 Å². The molecule has 98 valence electrons. The van der Waals surface area contributed by atoms with E-state index in [1.807, 2.05) is 18.2 Å². The molecular formula is C14H13BrN2O2. The zero-order valence-electron chi connectivity index (χ0n) is 10.4. The molecule has 0 fully saturated rings. The first-order chi connectivity index (χ1) is 9.15. The third-order valence-electron chi connectivity index (χ3n) is 3.25. The minimum absolute atomic E-state index is 0.0644. The van der Waals surface area contributed by atoms with E-state index >= 15 is 0 Å². The summed E-state index contributed by atoms with van der Waals surface area (Å²) in [5, 5.41) is 2.86. The number of rotatable bonds is 2. The topological polar surface area (TPSA) is 45.5 Å². The smallest absolute Gasteiger partial charge is 0.321 e. The van der Waals surface area contributed by atoms with Crippen molar-refractivity contribution in [2.24, 2.45) is 0 Å². The monoisotopic (exact) mass is 320 g/mol. The van der Waals surface area contributed by atoms with Crippen molar-refractivity contribution < 1.29 is 9.21 Å². The average molecular weight is 321 g/mol. The molecule has 0 saturated heterocycles. The Labute approximate surface area is 119 Å². The van der Waals surface area contributed by atoms with Gasteiger partial charge in [-0.25, -0.2) is 4.79 Å². The molecule has 1 unspecified atom stereocenters. The van der Waals surface area contributed by atoms with Crippen molar-refractivity contribution in [3.8, 4) is 0 Å². The molecule has 1 aliphatic rings. The molecule has 0 radical (unpaired) electrons. The van der Waals surface area contributed by atoms with E-state index < -0.39 is 0 Å². The van der Waals surface area contributed by atoms with Crippen LogP contribution in [0, 0.1) is 0 Å². The molecule has 0 saturated carbocycles. The first kappa shape index (κ1) is 12.3. The molecule has 0 aliphatic carbocycles. The number of benzene rings is 1. The lowest BCUT2D eigenvalue weighted by Gasteiger charge is -2.26.